The zero-order chi connectivity index (χ0) is 13.8. The highest BCUT2D eigenvalue weighted by Crippen LogP contribution is 2.26. The van der Waals surface area contributed by atoms with Crippen LogP contribution in [0.3, 0.4) is 0 Å². The summed E-state index contributed by atoms with van der Waals surface area (Å²) in [5, 5.41) is 9.37. The second-order valence-electron chi connectivity index (χ2n) is 6.18. The van der Waals surface area contributed by atoms with E-state index in [0.717, 1.165) is 12.0 Å². The topological polar surface area (TPSA) is 63.3 Å². The monoisotopic (exact) mass is 249 g/mol. The molecule has 0 fully saturated rings. The minimum atomic E-state index is -1.17. The van der Waals surface area contributed by atoms with Crippen molar-refractivity contribution in [1.82, 2.24) is 0 Å². The largest absolute Gasteiger partial charge is 0.480 e. The van der Waals surface area contributed by atoms with Gasteiger partial charge in [0.2, 0.25) is 0 Å². The summed E-state index contributed by atoms with van der Waals surface area (Å²) in [5.41, 5.74) is 5.97. The molecule has 0 saturated carbocycles. The van der Waals surface area contributed by atoms with Crippen molar-refractivity contribution < 1.29 is 9.90 Å². The second-order valence-corrected chi connectivity index (χ2v) is 6.18. The van der Waals surface area contributed by atoms with Gasteiger partial charge in [0.05, 0.1) is 0 Å². The van der Waals surface area contributed by atoms with Gasteiger partial charge in [0.25, 0.3) is 0 Å². The molecular formula is C15H23NO2. The molecule has 0 aliphatic heterocycles. The third-order valence-corrected chi connectivity index (χ3v) is 3.11. The van der Waals surface area contributed by atoms with Gasteiger partial charge in [0, 0.05) is 6.42 Å². The summed E-state index contributed by atoms with van der Waals surface area (Å²) in [6.07, 6.45) is 1.66. The molecule has 0 heterocycles. The molecule has 0 aliphatic carbocycles. The predicted octanol–water partition coefficient (Wildman–Crippen LogP) is 2.84. The summed E-state index contributed by atoms with van der Waals surface area (Å²) in [4.78, 5) is 11.4. The van der Waals surface area contributed by atoms with Crippen molar-refractivity contribution >= 4 is 5.97 Å². The van der Waals surface area contributed by atoms with Crippen LogP contribution in [0.5, 0.6) is 0 Å². The molecule has 100 valence electrons. The minimum absolute atomic E-state index is 0.0940. The van der Waals surface area contributed by atoms with Crippen LogP contribution in [0.15, 0.2) is 30.3 Å². The average Bonchev–Trinajstić information content (AvgIpc) is 2.27. The molecular weight excluding hydrogens is 226 g/mol. The number of aliphatic carboxylic acids is 1. The zero-order valence-corrected chi connectivity index (χ0v) is 11.4. The van der Waals surface area contributed by atoms with E-state index < -0.39 is 11.5 Å². The van der Waals surface area contributed by atoms with Crippen molar-refractivity contribution in [3.63, 3.8) is 0 Å². The summed E-state index contributed by atoms with van der Waals surface area (Å²) >= 11 is 0. The van der Waals surface area contributed by atoms with Crippen LogP contribution in [-0.2, 0) is 11.2 Å². The molecule has 1 atom stereocenters. The zero-order valence-electron chi connectivity index (χ0n) is 11.4. The van der Waals surface area contributed by atoms with Crippen molar-refractivity contribution in [2.24, 2.45) is 11.1 Å². The maximum absolute atomic E-state index is 11.4. The second kappa shape index (κ2) is 5.53. The fourth-order valence-electron chi connectivity index (χ4n) is 1.83. The fraction of sp³-hybridized carbons (Fsp3) is 0.533. The lowest BCUT2D eigenvalue weighted by molar-refractivity contribution is -0.143. The number of hydrogen-bond donors (Lipinski definition) is 2. The molecule has 0 amide bonds. The summed E-state index contributed by atoms with van der Waals surface area (Å²) in [6, 6.07) is 9.56. The fourth-order valence-corrected chi connectivity index (χ4v) is 1.83. The van der Waals surface area contributed by atoms with Gasteiger partial charge in [-0.05, 0) is 23.8 Å². The molecule has 1 aromatic rings. The maximum Gasteiger partial charge on any atom is 0.324 e. The first-order chi connectivity index (χ1) is 8.23. The SMILES string of the molecule is CC(C)(C)CC[C@](N)(Cc1ccccc1)C(=O)O. The summed E-state index contributed by atoms with van der Waals surface area (Å²) in [6.45, 7) is 6.29. The summed E-state index contributed by atoms with van der Waals surface area (Å²) in [7, 11) is 0. The Labute approximate surface area is 109 Å². The highest BCUT2D eigenvalue weighted by Gasteiger charge is 2.35. The molecule has 1 aromatic carbocycles. The van der Waals surface area contributed by atoms with Crippen molar-refractivity contribution in [3.05, 3.63) is 35.9 Å². The van der Waals surface area contributed by atoms with Gasteiger partial charge >= 0.3 is 5.97 Å². The first kappa shape index (κ1) is 14.7. The molecule has 1 rings (SSSR count). The van der Waals surface area contributed by atoms with Gasteiger partial charge in [-0.25, -0.2) is 0 Å². The van der Waals surface area contributed by atoms with Gasteiger partial charge in [0.15, 0.2) is 0 Å². The third-order valence-electron chi connectivity index (χ3n) is 3.11. The molecule has 0 spiro atoms. The molecule has 0 aromatic heterocycles. The van der Waals surface area contributed by atoms with Crippen LogP contribution < -0.4 is 5.73 Å². The Kier molecular flexibility index (Phi) is 4.52. The molecule has 3 N–H and O–H groups in total. The summed E-state index contributed by atoms with van der Waals surface area (Å²) < 4.78 is 0. The van der Waals surface area contributed by atoms with Crippen molar-refractivity contribution in [2.75, 3.05) is 0 Å². The van der Waals surface area contributed by atoms with E-state index in [4.69, 9.17) is 5.73 Å². The van der Waals surface area contributed by atoms with Crippen molar-refractivity contribution in [2.45, 2.75) is 45.6 Å². The quantitative estimate of drug-likeness (QED) is 0.843. The van der Waals surface area contributed by atoms with Gasteiger partial charge in [-0.15, -0.1) is 0 Å². The van der Waals surface area contributed by atoms with E-state index in [-0.39, 0.29) is 5.41 Å². The minimum Gasteiger partial charge on any atom is -0.480 e. The number of carbonyl (C=O) groups is 1. The van der Waals surface area contributed by atoms with Crippen LogP contribution in [0.2, 0.25) is 0 Å². The molecule has 0 aliphatic rings. The van der Waals surface area contributed by atoms with Crippen LogP contribution in [0.1, 0.15) is 39.2 Å². The lowest BCUT2D eigenvalue weighted by Crippen LogP contribution is -2.50. The lowest BCUT2D eigenvalue weighted by atomic mass is 9.80. The van der Waals surface area contributed by atoms with E-state index in [1.54, 1.807) is 0 Å². The number of carboxylic acid groups (broad SMARTS) is 1. The average molecular weight is 249 g/mol. The number of carboxylic acids is 1. The Balaban J connectivity index is 2.78. The lowest BCUT2D eigenvalue weighted by Gasteiger charge is -2.28. The van der Waals surface area contributed by atoms with Crippen molar-refractivity contribution in [3.8, 4) is 0 Å². The van der Waals surface area contributed by atoms with Crippen LogP contribution in [0.4, 0.5) is 0 Å². The molecule has 18 heavy (non-hydrogen) atoms. The Morgan fingerprint density at radius 3 is 2.17 bits per heavy atom. The first-order valence-corrected chi connectivity index (χ1v) is 6.29. The summed E-state index contributed by atoms with van der Waals surface area (Å²) in [5.74, 6) is -0.921. The molecule has 3 heteroatoms. The van der Waals surface area contributed by atoms with E-state index >= 15 is 0 Å². The number of hydrogen-bond acceptors (Lipinski definition) is 2. The Bertz CT molecular complexity index is 395. The number of benzene rings is 1. The van der Waals surface area contributed by atoms with Crippen LogP contribution in [-0.4, -0.2) is 16.6 Å². The number of nitrogens with two attached hydrogens (primary N) is 1. The maximum atomic E-state index is 11.4. The standard InChI is InChI=1S/C15H23NO2/c1-14(2,3)9-10-15(16,13(17)18)11-12-7-5-4-6-8-12/h4-8H,9-11,16H2,1-3H3,(H,17,18)/t15-/m0/s1. The molecule has 0 radical (unpaired) electrons. The molecule has 0 bridgehead atoms. The Morgan fingerprint density at radius 1 is 1.17 bits per heavy atom. The Hall–Kier alpha value is -1.35. The third kappa shape index (κ3) is 4.49. The van der Waals surface area contributed by atoms with Crippen LogP contribution in [0, 0.1) is 5.41 Å². The molecule has 3 nitrogen and oxygen atoms in total. The van der Waals surface area contributed by atoms with Gasteiger partial charge in [0.1, 0.15) is 5.54 Å². The normalized spacial score (nSPS) is 15.1. The van der Waals surface area contributed by atoms with E-state index in [1.165, 1.54) is 0 Å². The van der Waals surface area contributed by atoms with E-state index in [9.17, 15) is 9.90 Å². The predicted molar refractivity (Wildman–Crippen MR) is 73.4 cm³/mol. The smallest absolute Gasteiger partial charge is 0.324 e. The number of rotatable bonds is 5. The highest BCUT2D eigenvalue weighted by atomic mass is 16.4. The van der Waals surface area contributed by atoms with Gasteiger partial charge in [-0.3, -0.25) is 4.79 Å². The van der Waals surface area contributed by atoms with E-state index in [2.05, 4.69) is 20.8 Å². The molecule has 0 unspecified atom stereocenters. The first-order valence-electron chi connectivity index (χ1n) is 6.29. The van der Waals surface area contributed by atoms with Crippen LogP contribution >= 0.6 is 0 Å². The van der Waals surface area contributed by atoms with Crippen molar-refractivity contribution in [1.29, 1.82) is 0 Å². The van der Waals surface area contributed by atoms with E-state index in [1.807, 2.05) is 30.3 Å². The van der Waals surface area contributed by atoms with Crippen LogP contribution in [0.25, 0.3) is 0 Å². The van der Waals surface area contributed by atoms with E-state index in [0.29, 0.717) is 12.8 Å². The van der Waals surface area contributed by atoms with Gasteiger partial charge in [-0.1, -0.05) is 51.1 Å². The highest BCUT2D eigenvalue weighted by molar-refractivity contribution is 5.78. The van der Waals surface area contributed by atoms with Gasteiger partial charge in [-0.2, -0.15) is 0 Å². The Morgan fingerprint density at radius 2 is 1.72 bits per heavy atom. The molecule has 0 saturated heterocycles. The van der Waals surface area contributed by atoms with Gasteiger partial charge < -0.3 is 10.8 Å².